The number of carbonyl (C=O) groups is 1. The second kappa shape index (κ2) is 8.76. The molecule has 152 valence electrons. The van der Waals surface area contributed by atoms with Crippen LogP contribution in [0.3, 0.4) is 0 Å². The van der Waals surface area contributed by atoms with Crippen molar-refractivity contribution in [1.29, 1.82) is 0 Å². The lowest BCUT2D eigenvalue weighted by Gasteiger charge is -2.32. The normalized spacial score (nSPS) is 19.3. The molecule has 1 N–H and O–H groups in total. The SMILES string of the molecule is CC[C@@H](NC(=O)[C@H]1CCCN(S(=O)(=O)c2cccs2)C1)c1ccc(C)cc1C. The van der Waals surface area contributed by atoms with Crippen LogP contribution in [-0.2, 0) is 14.8 Å². The summed E-state index contributed by atoms with van der Waals surface area (Å²) >= 11 is 1.22. The molecule has 0 radical (unpaired) electrons. The number of hydrogen-bond donors (Lipinski definition) is 1. The quantitative estimate of drug-likeness (QED) is 0.767. The van der Waals surface area contributed by atoms with Crippen molar-refractivity contribution in [1.82, 2.24) is 9.62 Å². The molecule has 1 aromatic heterocycles. The number of nitrogens with one attached hydrogen (secondary N) is 1. The van der Waals surface area contributed by atoms with Crippen molar-refractivity contribution in [2.24, 2.45) is 5.92 Å². The molecule has 7 heteroatoms. The average molecular weight is 421 g/mol. The summed E-state index contributed by atoms with van der Waals surface area (Å²) in [4.78, 5) is 12.9. The summed E-state index contributed by atoms with van der Waals surface area (Å²) in [5.74, 6) is -0.374. The highest BCUT2D eigenvalue weighted by Gasteiger charge is 2.34. The molecule has 0 bridgehead atoms. The number of benzene rings is 1. The number of piperidine rings is 1. The minimum Gasteiger partial charge on any atom is -0.349 e. The van der Waals surface area contributed by atoms with Crippen LogP contribution in [0.5, 0.6) is 0 Å². The van der Waals surface area contributed by atoms with E-state index in [2.05, 4.69) is 44.3 Å². The number of sulfonamides is 1. The van der Waals surface area contributed by atoms with Crippen LogP contribution in [0.15, 0.2) is 39.9 Å². The van der Waals surface area contributed by atoms with Gasteiger partial charge in [-0.2, -0.15) is 4.31 Å². The second-order valence-electron chi connectivity index (χ2n) is 7.46. The predicted molar refractivity (Wildman–Crippen MR) is 113 cm³/mol. The van der Waals surface area contributed by atoms with Gasteiger partial charge in [-0.05, 0) is 55.7 Å². The molecule has 2 aromatic rings. The van der Waals surface area contributed by atoms with Gasteiger partial charge >= 0.3 is 0 Å². The molecule has 0 aliphatic carbocycles. The largest absolute Gasteiger partial charge is 0.349 e. The zero-order chi connectivity index (χ0) is 20.3. The van der Waals surface area contributed by atoms with Crippen LogP contribution >= 0.6 is 11.3 Å². The molecular formula is C21H28N2O3S2. The number of hydrogen-bond acceptors (Lipinski definition) is 4. The van der Waals surface area contributed by atoms with E-state index in [4.69, 9.17) is 0 Å². The Balaban J connectivity index is 1.71. The maximum absolute atomic E-state index is 12.9. The fraction of sp³-hybridized carbons (Fsp3) is 0.476. The fourth-order valence-electron chi connectivity index (χ4n) is 3.82. The Morgan fingerprint density at radius 3 is 2.75 bits per heavy atom. The van der Waals surface area contributed by atoms with Crippen LogP contribution in [0.1, 0.15) is 48.9 Å². The zero-order valence-corrected chi connectivity index (χ0v) is 18.3. The third-order valence-electron chi connectivity index (χ3n) is 5.37. The van der Waals surface area contributed by atoms with E-state index in [1.165, 1.54) is 21.2 Å². The van der Waals surface area contributed by atoms with Crippen LogP contribution < -0.4 is 5.32 Å². The first kappa shape index (κ1) is 21.0. The van der Waals surface area contributed by atoms with Gasteiger partial charge in [0.2, 0.25) is 5.91 Å². The molecular weight excluding hydrogens is 392 g/mol. The number of amides is 1. The van der Waals surface area contributed by atoms with Crippen molar-refractivity contribution < 1.29 is 13.2 Å². The molecule has 0 saturated carbocycles. The first-order valence-electron chi connectivity index (χ1n) is 9.74. The molecule has 1 aliphatic rings. The molecule has 1 fully saturated rings. The summed E-state index contributed by atoms with van der Waals surface area (Å²) in [6.45, 7) is 6.89. The lowest BCUT2D eigenvalue weighted by molar-refractivity contribution is -0.126. The van der Waals surface area contributed by atoms with E-state index in [-0.39, 0.29) is 24.4 Å². The van der Waals surface area contributed by atoms with Gasteiger partial charge in [0.05, 0.1) is 12.0 Å². The van der Waals surface area contributed by atoms with Gasteiger partial charge in [0, 0.05) is 13.1 Å². The monoisotopic (exact) mass is 420 g/mol. The summed E-state index contributed by atoms with van der Waals surface area (Å²) in [5.41, 5.74) is 3.49. The molecule has 0 unspecified atom stereocenters. The van der Waals surface area contributed by atoms with Gasteiger partial charge in [-0.1, -0.05) is 36.8 Å². The molecule has 5 nitrogen and oxygen atoms in total. The Bertz CT molecular complexity index is 923. The van der Waals surface area contributed by atoms with Crippen LogP contribution in [0.2, 0.25) is 0 Å². The first-order valence-corrected chi connectivity index (χ1v) is 12.1. The fourth-order valence-corrected chi connectivity index (χ4v) is 6.49. The summed E-state index contributed by atoms with van der Waals surface area (Å²) in [6, 6.07) is 9.57. The topological polar surface area (TPSA) is 66.5 Å². The molecule has 1 saturated heterocycles. The summed E-state index contributed by atoms with van der Waals surface area (Å²) in [5, 5.41) is 4.92. The molecule has 0 spiro atoms. The number of nitrogens with zero attached hydrogens (tertiary/aromatic N) is 1. The number of thiophene rings is 1. The van der Waals surface area contributed by atoms with Crippen molar-refractivity contribution in [2.45, 2.75) is 50.3 Å². The van der Waals surface area contributed by atoms with Gasteiger partial charge in [0.15, 0.2) is 0 Å². The maximum Gasteiger partial charge on any atom is 0.252 e. The van der Waals surface area contributed by atoms with E-state index in [1.807, 2.05) is 0 Å². The molecule has 3 rings (SSSR count). The van der Waals surface area contributed by atoms with Gasteiger partial charge in [0.1, 0.15) is 4.21 Å². The van der Waals surface area contributed by atoms with Gasteiger partial charge in [-0.15, -0.1) is 11.3 Å². The predicted octanol–water partition coefficient (Wildman–Crippen LogP) is 4.03. The Labute approximate surface area is 171 Å². The van der Waals surface area contributed by atoms with Crippen LogP contribution in [0, 0.1) is 19.8 Å². The highest BCUT2D eigenvalue weighted by atomic mass is 32.2. The smallest absolute Gasteiger partial charge is 0.252 e. The molecule has 28 heavy (non-hydrogen) atoms. The Morgan fingerprint density at radius 2 is 2.11 bits per heavy atom. The highest BCUT2D eigenvalue weighted by molar-refractivity contribution is 7.91. The molecule has 2 atom stereocenters. The standard InChI is InChI=1S/C21H28N2O3S2/c1-4-19(18-10-9-15(2)13-16(18)3)22-21(24)17-7-5-11-23(14-17)28(25,26)20-8-6-12-27-20/h6,8-10,12-13,17,19H,4-5,7,11,14H2,1-3H3,(H,22,24)/t17-,19+/m0/s1. The Hall–Kier alpha value is -1.70. The third kappa shape index (κ3) is 4.47. The summed E-state index contributed by atoms with van der Waals surface area (Å²) in [7, 11) is -3.51. The van der Waals surface area contributed by atoms with Gasteiger partial charge in [-0.3, -0.25) is 4.79 Å². The van der Waals surface area contributed by atoms with Crippen molar-refractivity contribution >= 4 is 27.3 Å². The van der Waals surface area contributed by atoms with Gasteiger partial charge < -0.3 is 5.32 Å². The summed E-state index contributed by atoms with van der Waals surface area (Å²) in [6.07, 6.45) is 2.20. The highest BCUT2D eigenvalue weighted by Crippen LogP contribution is 2.28. The van der Waals surface area contributed by atoms with Crippen molar-refractivity contribution in [3.63, 3.8) is 0 Å². The molecule has 1 aliphatic heterocycles. The van der Waals surface area contributed by atoms with E-state index in [1.54, 1.807) is 17.5 Å². The van der Waals surface area contributed by atoms with Gasteiger partial charge in [-0.25, -0.2) is 8.42 Å². The Morgan fingerprint density at radius 1 is 1.32 bits per heavy atom. The van der Waals surface area contributed by atoms with Crippen LogP contribution in [0.4, 0.5) is 0 Å². The molecule has 1 aromatic carbocycles. The zero-order valence-electron chi connectivity index (χ0n) is 16.6. The lowest BCUT2D eigenvalue weighted by Crippen LogP contribution is -2.45. The number of aryl methyl sites for hydroxylation is 2. The van der Waals surface area contributed by atoms with Crippen LogP contribution in [-0.4, -0.2) is 31.7 Å². The minimum atomic E-state index is -3.51. The number of rotatable bonds is 6. The van der Waals surface area contributed by atoms with Gasteiger partial charge in [0.25, 0.3) is 10.0 Å². The average Bonchev–Trinajstić information content (AvgIpc) is 3.22. The first-order chi connectivity index (χ1) is 13.3. The maximum atomic E-state index is 12.9. The van der Waals surface area contributed by atoms with Crippen LogP contribution in [0.25, 0.3) is 0 Å². The third-order valence-corrected chi connectivity index (χ3v) is 8.61. The van der Waals surface area contributed by atoms with E-state index in [0.29, 0.717) is 23.6 Å². The second-order valence-corrected chi connectivity index (χ2v) is 10.6. The molecule has 2 heterocycles. The number of carbonyl (C=O) groups excluding carboxylic acids is 1. The van der Waals surface area contributed by atoms with E-state index in [0.717, 1.165) is 17.5 Å². The van der Waals surface area contributed by atoms with Crippen molar-refractivity contribution in [2.75, 3.05) is 13.1 Å². The molecule has 1 amide bonds. The van der Waals surface area contributed by atoms with E-state index >= 15 is 0 Å². The van der Waals surface area contributed by atoms with E-state index in [9.17, 15) is 13.2 Å². The van der Waals surface area contributed by atoms with Crippen molar-refractivity contribution in [3.05, 3.63) is 52.4 Å². The minimum absolute atomic E-state index is 0.0575. The Kier molecular flexibility index (Phi) is 6.58. The lowest BCUT2D eigenvalue weighted by atomic mass is 9.95. The summed E-state index contributed by atoms with van der Waals surface area (Å²) < 4.78 is 27.4. The van der Waals surface area contributed by atoms with E-state index < -0.39 is 10.0 Å². The van der Waals surface area contributed by atoms with Crippen molar-refractivity contribution in [3.8, 4) is 0 Å².